The van der Waals surface area contributed by atoms with Crippen molar-refractivity contribution in [2.45, 2.75) is 6.54 Å². The van der Waals surface area contributed by atoms with Crippen molar-refractivity contribution in [2.75, 3.05) is 0 Å². The summed E-state index contributed by atoms with van der Waals surface area (Å²) in [5.41, 5.74) is 0.794. The van der Waals surface area contributed by atoms with Crippen LogP contribution in [0.5, 0.6) is 0 Å². The van der Waals surface area contributed by atoms with Crippen LogP contribution in [0.2, 0.25) is 0 Å². The lowest BCUT2D eigenvalue weighted by molar-refractivity contribution is -0.385. The number of nitrogens with zero attached hydrogens (tertiary/aromatic N) is 4. The molecule has 0 atom stereocenters. The van der Waals surface area contributed by atoms with Gasteiger partial charge < -0.3 is 5.32 Å². The molecule has 0 aliphatic heterocycles. The number of carbonyl (C=O) groups is 1. The predicted molar refractivity (Wildman–Crippen MR) is 85.6 cm³/mol. The molecule has 120 valence electrons. The molecule has 8 nitrogen and oxygen atoms in total. The third kappa shape index (κ3) is 3.27. The lowest BCUT2D eigenvalue weighted by atomic mass is 10.1. The Bertz CT molecular complexity index is 860. The van der Waals surface area contributed by atoms with Gasteiger partial charge in [-0.3, -0.25) is 19.5 Å². The lowest BCUT2D eigenvalue weighted by Crippen LogP contribution is -2.23. The summed E-state index contributed by atoms with van der Waals surface area (Å²) in [6.45, 7) is 0.0687. The first-order chi connectivity index (χ1) is 11.6. The highest BCUT2D eigenvalue weighted by molar-refractivity contribution is 5.93. The van der Waals surface area contributed by atoms with E-state index in [9.17, 15) is 14.9 Å². The molecular weight excluding hydrogens is 310 g/mol. The van der Waals surface area contributed by atoms with Crippen LogP contribution < -0.4 is 5.32 Å². The Morgan fingerprint density at radius 1 is 1.25 bits per heavy atom. The number of pyridine rings is 1. The number of carbonyl (C=O) groups excluding carboxylic acids is 1. The summed E-state index contributed by atoms with van der Waals surface area (Å²) in [7, 11) is 0. The van der Waals surface area contributed by atoms with E-state index >= 15 is 0 Å². The van der Waals surface area contributed by atoms with Gasteiger partial charge in [-0.15, -0.1) is 0 Å². The van der Waals surface area contributed by atoms with E-state index in [1.807, 2.05) is 0 Å². The van der Waals surface area contributed by atoms with E-state index in [0.29, 0.717) is 16.9 Å². The molecule has 8 heteroatoms. The van der Waals surface area contributed by atoms with E-state index in [1.165, 1.54) is 12.3 Å². The van der Waals surface area contributed by atoms with Crippen LogP contribution in [-0.2, 0) is 6.54 Å². The minimum Gasteiger partial charge on any atom is -0.348 e. The van der Waals surface area contributed by atoms with Gasteiger partial charge in [-0.1, -0.05) is 18.2 Å². The maximum absolute atomic E-state index is 12.2. The summed E-state index contributed by atoms with van der Waals surface area (Å²) in [5, 5.41) is 13.6. The molecular formula is C16H13N5O3. The molecule has 0 fully saturated rings. The SMILES string of the molecule is O=C(NCc1ccccc1[N+](=O)[O-])c1ccc(-n2ccnc2)nc1. The minimum absolute atomic E-state index is 0.0219. The molecule has 24 heavy (non-hydrogen) atoms. The number of para-hydroxylation sites is 1. The number of nitro benzene ring substituents is 1. The first-order valence-corrected chi connectivity index (χ1v) is 7.10. The van der Waals surface area contributed by atoms with Crippen LogP contribution in [0.15, 0.2) is 61.3 Å². The van der Waals surface area contributed by atoms with Crippen molar-refractivity contribution in [1.82, 2.24) is 19.9 Å². The van der Waals surface area contributed by atoms with Crippen molar-refractivity contribution in [3.05, 3.63) is 82.6 Å². The average molecular weight is 323 g/mol. The molecule has 2 aromatic heterocycles. The normalized spacial score (nSPS) is 10.3. The molecule has 0 spiro atoms. The van der Waals surface area contributed by atoms with Crippen LogP contribution in [0.25, 0.3) is 5.82 Å². The second-order valence-corrected chi connectivity index (χ2v) is 4.94. The van der Waals surface area contributed by atoms with E-state index in [1.54, 1.807) is 53.6 Å². The van der Waals surface area contributed by atoms with Gasteiger partial charge in [0.1, 0.15) is 12.1 Å². The van der Waals surface area contributed by atoms with Gasteiger partial charge in [-0.25, -0.2) is 9.97 Å². The number of amides is 1. The molecule has 0 aliphatic carbocycles. The summed E-state index contributed by atoms with van der Waals surface area (Å²) in [5.74, 6) is 0.292. The van der Waals surface area contributed by atoms with Crippen molar-refractivity contribution in [1.29, 1.82) is 0 Å². The highest BCUT2D eigenvalue weighted by Gasteiger charge is 2.13. The topological polar surface area (TPSA) is 103 Å². The second kappa shape index (κ2) is 6.69. The van der Waals surface area contributed by atoms with Crippen molar-refractivity contribution >= 4 is 11.6 Å². The first-order valence-electron chi connectivity index (χ1n) is 7.10. The molecule has 0 radical (unpaired) electrons. The summed E-state index contributed by atoms with van der Waals surface area (Å²) >= 11 is 0. The number of hydrogen-bond acceptors (Lipinski definition) is 5. The smallest absolute Gasteiger partial charge is 0.274 e. The number of aromatic nitrogens is 3. The third-order valence-electron chi connectivity index (χ3n) is 3.41. The van der Waals surface area contributed by atoms with Gasteiger partial charge in [-0.2, -0.15) is 0 Å². The van der Waals surface area contributed by atoms with Crippen LogP contribution in [0, 0.1) is 10.1 Å². The number of benzene rings is 1. The van der Waals surface area contributed by atoms with Gasteiger partial charge >= 0.3 is 0 Å². The van der Waals surface area contributed by atoms with E-state index in [-0.39, 0.29) is 18.1 Å². The molecule has 0 bridgehead atoms. The van der Waals surface area contributed by atoms with E-state index in [0.717, 1.165) is 0 Å². The Morgan fingerprint density at radius 2 is 2.08 bits per heavy atom. The standard InChI is InChI=1S/C16H13N5O3/c22-16(19-9-12-3-1-2-4-14(12)21(23)24)13-5-6-15(18-10-13)20-8-7-17-11-20/h1-8,10-11H,9H2,(H,19,22). The number of nitrogens with one attached hydrogen (secondary N) is 1. The van der Waals surface area contributed by atoms with Gasteiger partial charge in [0, 0.05) is 36.8 Å². The fraction of sp³-hybridized carbons (Fsp3) is 0.0625. The Labute approximate surface area is 136 Å². The summed E-state index contributed by atoms with van der Waals surface area (Å²) < 4.78 is 1.72. The Morgan fingerprint density at radius 3 is 2.75 bits per heavy atom. The highest BCUT2D eigenvalue weighted by Crippen LogP contribution is 2.17. The molecule has 0 saturated heterocycles. The van der Waals surface area contributed by atoms with Crippen LogP contribution in [0.1, 0.15) is 15.9 Å². The fourth-order valence-corrected chi connectivity index (χ4v) is 2.18. The third-order valence-corrected chi connectivity index (χ3v) is 3.41. The maximum atomic E-state index is 12.2. The van der Waals surface area contributed by atoms with Gasteiger partial charge in [0.15, 0.2) is 0 Å². The van der Waals surface area contributed by atoms with Gasteiger partial charge in [0.05, 0.1) is 10.5 Å². The molecule has 0 aliphatic rings. The van der Waals surface area contributed by atoms with E-state index in [4.69, 9.17) is 0 Å². The maximum Gasteiger partial charge on any atom is 0.274 e. The number of rotatable bonds is 5. The summed E-state index contributed by atoms with van der Waals surface area (Å²) in [6, 6.07) is 9.62. The number of nitro groups is 1. The minimum atomic E-state index is -0.469. The molecule has 0 saturated carbocycles. The lowest BCUT2D eigenvalue weighted by Gasteiger charge is -2.07. The zero-order chi connectivity index (χ0) is 16.9. The first kappa shape index (κ1) is 15.3. The van der Waals surface area contributed by atoms with Crippen molar-refractivity contribution in [3.63, 3.8) is 0 Å². The zero-order valence-electron chi connectivity index (χ0n) is 12.5. The van der Waals surface area contributed by atoms with Gasteiger partial charge in [0.25, 0.3) is 11.6 Å². The molecule has 3 rings (SSSR count). The number of hydrogen-bond donors (Lipinski definition) is 1. The summed E-state index contributed by atoms with van der Waals surface area (Å²) in [6.07, 6.45) is 6.44. The van der Waals surface area contributed by atoms with Crippen molar-refractivity contribution < 1.29 is 9.72 Å². The monoisotopic (exact) mass is 323 g/mol. The Kier molecular flexibility index (Phi) is 4.28. The van der Waals surface area contributed by atoms with Crippen LogP contribution >= 0.6 is 0 Å². The molecule has 2 heterocycles. The quantitative estimate of drug-likeness (QED) is 0.572. The predicted octanol–water partition coefficient (Wildman–Crippen LogP) is 2.11. The largest absolute Gasteiger partial charge is 0.348 e. The highest BCUT2D eigenvalue weighted by atomic mass is 16.6. The Hall–Kier alpha value is -3.55. The molecule has 0 unspecified atom stereocenters. The average Bonchev–Trinajstić information content (AvgIpc) is 3.14. The van der Waals surface area contributed by atoms with E-state index in [2.05, 4.69) is 15.3 Å². The van der Waals surface area contributed by atoms with Crippen LogP contribution in [0.4, 0.5) is 5.69 Å². The molecule has 1 amide bonds. The van der Waals surface area contributed by atoms with Crippen LogP contribution in [0.3, 0.4) is 0 Å². The molecule has 1 N–H and O–H groups in total. The van der Waals surface area contributed by atoms with Crippen molar-refractivity contribution in [2.24, 2.45) is 0 Å². The van der Waals surface area contributed by atoms with Crippen molar-refractivity contribution in [3.8, 4) is 5.82 Å². The van der Waals surface area contributed by atoms with Gasteiger partial charge in [0.2, 0.25) is 0 Å². The van der Waals surface area contributed by atoms with Gasteiger partial charge in [-0.05, 0) is 12.1 Å². The van der Waals surface area contributed by atoms with Crippen LogP contribution in [-0.4, -0.2) is 25.4 Å². The molecule has 3 aromatic rings. The second-order valence-electron chi connectivity index (χ2n) is 4.94. The molecule has 1 aromatic carbocycles. The Balaban J connectivity index is 1.68. The van der Waals surface area contributed by atoms with E-state index < -0.39 is 4.92 Å². The fourth-order valence-electron chi connectivity index (χ4n) is 2.18. The number of imidazole rings is 1. The zero-order valence-corrected chi connectivity index (χ0v) is 12.5. The summed E-state index contributed by atoms with van der Waals surface area (Å²) in [4.78, 5) is 30.8.